The SMILES string of the molecule is COc1ncccc1NC(=O)NCCCCCCCN1CCCC1. The van der Waals surface area contributed by atoms with Gasteiger partial charge in [0.25, 0.3) is 0 Å². The van der Waals surface area contributed by atoms with Crippen LogP contribution < -0.4 is 15.4 Å². The number of hydrogen-bond acceptors (Lipinski definition) is 4. The van der Waals surface area contributed by atoms with Crippen molar-refractivity contribution in [3.8, 4) is 5.88 Å². The number of hydrogen-bond donors (Lipinski definition) is 2. The highest BCUT2D eigenvalue weighted by molar-refractivity contribution is 5.90. The van der Waals surface area contributed by atoms with E-state index in [4.69, 9.17) is 4.74 Å². The van der Waals surface area contributed by atoms with Gasteiger partial charge >= 0.3 is 6.03 Å². The molecule has 2 N–H and O–H groups in total. The number of urea groups is 1. The lowest BCUT2D eigenvalue weighted by atomic mass is 10.1. The van der Waals surface area contributed by atoms with E-state index in [0.717, 1.165) is 12.8 Å². The maximum absolute atomic E-state index is 11.9. The van der Waals surface area contributed by atoms with Crippen LogP contribution in [0.15, 0.2) is 18.3 Å². The lowest BCUT2D eigenvalue weighted by Gasteiger charge is -2.13. The number of unbranched alkanes of at least 4 members (excludes halogenated alkanes) is 4. The molecule has 1 aliphatic heterocycles. The Labute approximate surface area is 145 Å². The second-order valence-corrected chi connectivity index (χ2v) is 6.26. The van der Waals surface area contributed by atoms with E-state index < -0.39 is 0 Å². The Hall–Kier alpha value is -1.82. The average Bonchev–Trinajstić information content (AvgIpc) is 3.11. The summed E-state index contributed by atoms with van der Waals surface area (Å²) in [5, 5.41) is 5.64. The van der Waals surface area contributed by atoms with Gasteiger partial charge in [-0.25, -0.2) is 9.78 Å². The number of likely N-dealkylation sites (tertiary alicyclic amines) is 1. The molecule has 2 rings (SSSR count). The van der Waals surface area contributed by atoms with Crippen LogP contribution in [0.4, 0.5) is 10.5 Å². The van der Waals surface area contributed by atoms with Crippen LogP contribution in [0.3, 0.4) is 0 Å². The molecule has 0 unspecified atom stereocenters. The number of amides is 2. The van der Waals surface area contributed by atoms with Gasteiger partial charge in [-0.1, -0.05) is 19.3 Å². The molecule has 1 aromatic heterocycles. The summed E-state index contributed by atoms with van der Waals surface area (Å²) in [4.78, 5) is 18.5. The van der Waals surface area contributed by atoms with Crippen LogP contribution in [-0.2, 0) is 0 Å². The number of pyridine rings is 1. The summed E-state index contributed by atoms with van der Waals surface area (Å²) in [5.41, 5.74) is 0.583. The van der Waals surface area contributed by atoms with Crippen LogP contribution in [-0.4, -0.2) is 49.2 Å². The van der Waals surface area contributed by atoms with Crippen LogP contribution in [0, 0.1) is 0 Å². The molecule has 2 amide bonds. The van der Waals surface area contributed by atoms with Crippen LogP contribution >= 0.6 is 0 Å². The van der Waals surface area contributed by atoms with Gasteiger partial charge in [0.15, 0.2) is 0 Å². The van der Waals surface area contributed by atoms with Gasteiger partial charge in [0, 0.05) is 12.7 Å². The van der Waals surface area contributed by atoms with Crippen molar-refractivity contribution in [3.63, 3.8) is 0 Å². The molecule has 0 atom stereocenters. The molecule has 2 heterocycles. The lowest BCUT2D eigenvalue weighted by molar-refractivity contribution is 0.251. The summed E-state index contributed by atoms with van der Waals surface area (Å²) in [7, 11) is 1.54. The van der Waals surface area contributed by atoms with Crippen LogP contribution in [0.5, 0.6) is 5.88 Å². The van der Waals surface area contributed by atoms with E-state index in [1.807, 2.05) is 0 Å². The average molecular weight is 334 g/mol. The molecule has 0 aromatic carbocycles. The second-order valence-electron chi connectivity index (χ2n) is 6.26. The number of carbonyl (C=O) groups excluding carboxylic acids is 1. The summed E-state index contributed by atoms with van der Waals surface area (Å²) >= 11 is 0. The highest BCUT2D eigenvalue weighted by atomic mass is 16.5. The fourth-order valence-corrected chi connectivity index (χ4v) is 3.01. The molecular formula is C18H30N4O2. The highest BCUT2D eigenvalue weighted by Gasteiger charge is 2.10. The minimum absolute atomic E-state index is 0.213. The number of rotatable bonds is 10. The molecule has 6 heteroatoms. The predicted octanol–water partition coefficient (Wildman–Crippen LogP) is 3.26. The number of anilines is 1. The van der Waals surface area contributed by atoms with Gasteiger partial charge in [0.1, 0.15) is 5.69 Å². The van der Waals surface area contributed by atoms with Crippen molar-refractivity contribution in [2.75, 3.05) is 38.6 Å². The Morgan fingerprint density at radius 2 is 1.96 bits per heavy atom. The van der Waals surface area contributed by atoms with Crippen molar-refractivity contribution in [2.45, 2.75) is 44.9 Å². The zero-order valence-corrected chi connectivity index (χ0v) is 14.7. The molecule has 24 heavy (non-hydrogen) atoms. The molecular weight excluding hydrogens is 304 g/mol. The summed E-state index contributed by atoms with van der Waals surface area (Å²) in [6.07, 6.45) is 10.4. The molecule has 1 fully saturated rings. The quantitative estimate of drug-likeness (QED) is 0.645. The maximum Gasteiger partial charge on any atom is 0.319 e. The minimum Gasteiger partial charge on any atom is -0.480 e. The van der Waals surface area contributed by atoms with Gasteiger partial charge in [-0.3, -0.25) is 0 Å². The molecule has 1 aliphatic rings. The molecule has 0 aliphatic carbocycles. The number of nitrogens with zero attached hydrogens (tertiary/aromatic N) is 2. The first-order valence-electron chi connectivity index (χ1n) is 9.06. The van der Waals surface area contributed by atoms with E-state index in [1.165, 1.54) is 58.8 Å². The normalized spacial score (nSPS) is 14.5. The topological polar surface area (TPSA) is 66.5 Å². The van der Waals surface area contributed by atoms with E-state index in [1.54, 1.807) is 18.3 Å². The summed E-state index contributed by atoms with van der Waals surface area (Å²) in [6.45, 7) is 4.54. The first kappa shape index (κ1) is 18.5. The van der Waals surface area contributed by atoms with Crippen LogP contribution in [0.2, 0.25) is 0 Å². The second kappa shape index (κ2) is 10.9. The standard InChI is InChI=1S/C18H30N4O2/c1-24-17-16(10-9-12-19-17)21-18(23)20-11-5-3-2-4-6-13-22-14-7-8-15-22/h9-10,12H,2-8,11,13-15H2,1H3,(H2,20,21,23). The van der Waals surface area contributed by atoms with Gasteiger partial charge in [0.2, 0.25) is 5.88 Å². The largest absolute Gasteiger partial charge is 0.480 e. The van der Waals surface area contributed by atoms with Crippen molar-refractivity contribution in [3.05, 3.63) is 18.3 Å². The van der Waals surface area contributed by atoms with Crippen LogP contribution in [0.25, 0.3) is 0 Å². The number of carbonyl (C=O) groups is 1. The Balaban J connectivity index is 1.47. The van der Waals surface area contributed by atoms with Gasteiger partial charge in [-0.15, -0.1) is 0 Å². The maximum atomic E-state index is 11.9. The van der Waals surface area contributed by atoms with Crippen molar-refractivity contribution in [1.29, 1.82) is 0 Å². The first-order chi connectivity index (χ1) is 11.8. The summed E-state index contributed by atoms with van der Waals surface area (Å²) < 4.78 is 5.11. The molecule has 1 aromatic rings. The zero-order chi connectivity index (χ0) is 17.0. The van der Waals surface area contributed by atoms with Crippen molar-refractivity contribution >= 4 is 11.7 Å². The van der Waals surface area contributed by atoms with E-state index in [2.05, 4.69) is 20.5 Å². The van der Waals surface area contributed by atoms with Gasteiger partial charge in [-0.05, 0) is 57.5 Å². The molecule has 6 nitrogen and oxygen atoms in total. The predicted molar refractivity (Wildman–Crippen MR) is 96.6 cm³/mol. The summed E-state index contributed by atoms with van der Waals surface area (Å²) in [5.74, 6) is 0.422. The van der Waals surface area contributed by atoms with Crippen LogP contribution in [0.1, 0.15) is 44.9 Å². The number of nitrogens with one attached hydrogen (secondary N) is 2. The Morgan fingerprint density at radius 3 is 2.75 bits per heavy atom. The molecule has 0 saturated carbocycles. The first-order valence-corrected chi connectivity index (χ1v) is 9.06. The van der Waals surface area contributed by atoms with E-state index in [-0.39, 0.29) is 6.03 Å². The number of ether oxygens (including phenoxy) is 1. The molecule has 134 valence electrons. The number of methoxy groups -OCH3 is 1. The third-order valence-electron chi connectivity index (χ3n) is 4.35. The highest BCUT2D eigenvalue weighted by Crippen LogP contribution is 2.19. The lowest BCUT2D eigenvalue weighted by Crippen LogP contribution is -2.29. The van der Waals surface area contributed by atoms with Gasteiger partial charge < -0.3 is 20.3 Å². The molecule has 1 saturated heterocycles. The fourth-order valence-electron chi connectivity index (χ4n) is 3.01. The third-order valence-corrected chi connectivity index (χ3v) is 4.35. The summed E-state index contributed by atoms with van der Waals surface area (Å²) in [6, 6.07) is 3.32. The fraction of sp³-hybridized carbons (Fsp3) is 0.667. The Bertz CT molecular complexity index is 490. The van der Waals surface area contributed by atoms with Gasteiger partial charge in [0.05, 0.1) is 7.11 Å². The zero-order valence-electron chi connectivity index (χ0n) is 14.7. The molecule has 0 spiro atoms. The van der Waals surface area contributed by atoms with Crippen molar-refractivity contribution in [2.24, 2.45) is 0 Å². The van der Waals surface area contributed by atoms with Gasteiger partial charge in [-0.2, -0.15) is 0 Å². The third kappa shape index (κ3) is 6.74. The van der Waals surface area contributed by atoms with E-state index >= 15 is 0 Å². The molecule has 0 radical (unpaired) electrons. The number of aromatic nitrogens is 1. The Morgan fingerprint density at radius 1 is 1.21 bits per heavy atom. The van der Waals surface area contributed by atoms with E-state index in [0.29, 0.717) is 18.1 Å². The smallest absolute Gasteiger partial charge is 0.319 e. The van der Waals surface area contributed by atoms with E-state index in [9.17, 15) is 4.79 Å². The minimum atomic E-state index is -0.213. The Kier molecular flexibility index (Phi) is 8.38. The van der Waals surface area contributed by atoms with Crippen molar-refractivity contribution < 1.29 is 9.53 Å². The molecule has 0 bridgehead atoms. The van der Waals surface area contributed by atoms with Crippen molar-refractivity contribution in [1.82, 2.24) is 15.2 Å². The monoisotopic (exact) mass is 334 g/mol.